The van der Waals surface area contributed by atoms with Crippen LogP contribution < -0.4 is 14.2 Å². The molecule has 0 atom stereocenters. The monoisotopic (exact) mass is 345 g/mol. The Bertz CT molecular complexity index is 767. The van der Waals surface area contributed by atoms with E-state index < -0.39 is 0 Å². The fraction of sp³-hybridized carbons (Fsp3) is 0.412. The van der Waals surface area contributed by atoms with Gasteiger partial charge in [-0.1, -0.05) is 6.07 Å². The number of benzene rings is 1. The van der Waals surface area contributed by atoms with Crippen molar-refractivity contribution in [1.29, 1.82) is 0 Å². The number of hydrogen-bond donors (Lipinski definition) is 0. The van der Waals surface area contributed by atoms with Crippen LogP contribution in [-0.4, -0.2) is 60.9 Å². The third-order valence-corrected chi connectivity index (χ3v) is 4.41. The van der Waals surface area contributed by atoms with Gasteiger partial charge in [-0.3, -0.25) is 9.69 Å². The fourth-order valence-corrected chi connectivity index (χ4v) is 3.02. The van der Waals surface area contributed by atoms with Crippen molar-refractivity contribution in [1.82, 2.24) is 15.0 Å². The quantitative estimate of drug-likeness (QED) is 0.828. The molecule has 0 spiro atoms. The molecule has 0 saturated carbocycles. The predicted octanol–water partition coefficient (Wildman–Crippen LogP) is 1.37. The van der Waals surface area contributed by atoms with Crippen molar-refractivity contribution < 1.29 is 23.5 Å². The summed E-state index contributed by atoms with van der Waals surface area (Å²) in [6.45, 7) is 3.98. The number of fused-ring (bicyclic) bond motifs is 1. The Kier molecular flexibility index (Phi) is 4.19. The summed E-state index contributed by atoms with van der Waals surface area (Å²) in [5, 5.41) is 3.67. The molecular formula is C17H19N3O5. The van der Waals surface area contributed by atoms with Gasteiger partial charge in [0.05, 0.1) is 13.2 Å². The van der Waals surface area contributed by atoms with Crippen LogP contribution in [-0.2, 0) is 6.54 Å². The highest BCUT2D eigenvalue weighted by atomic mass is 16.7. The van der Waals surface area contributed by atoms with Crippen LogP contribution in [0.25, 0.3) is 0 Å². The van der Waals surface area contributed by atoms with Gasteiger partial charge in [0.15, 0.2) is 11.5 Å². The molecule has 2 aromatic rings. The van der Waals surface area contributed by atoms with E-state index in [0.29, 0.717) is 19.0 Å². The van der Waals surface area contributed by atoms with E-state index >= 15 is 0 Å². The Morgan fingerprint density at radius 1 is 1.16 bits per heavy atom. The number of amides is 1. The largest absolute Gasteiger partial charge is 0.479 e. The summed E-state index contributed by atoms with van der Waals surface area (Å²) < 4.78 is 20.7. The molecule has 132 valence electrons. The van der Waals surface area contributed by atoms with E-state index in [1.807, 2.05) is 18.2 Å². The summed E-state index contributed by atoms with van der Waals surface area (Å²) >= 11 is 0. The van der Waals surface area contributed by atoms with Crippen molar-refractivity contribution >= 4 is 5.91 Å². The minimum absolute atomic E-state index is 0.154. The molecule has 0 unspecified atom stereocenters. The smallest absolute Gasteiger partial charge is 0.292 e. The summed E-state index contributed by atoms with van der Waals surface area (Å²) in [7, 11) is 1.49. The molecule has 4 rings (SSSR count). The molecule has 1 amide bonds. The van der Waals surface area contributed by atoms with Crippen LogP contribution in [0, 0.1) is 0 Å². The van der Waals surface area contributed by atoms with Crippen LogP contribution in [0.15, 0.2) is 28.8 Å². The number of carbonyl (C=O) groups excluding carboxylic acids is 1. The van der Waals surface area contributed by atoms with E-state index in [4.69, 9.17) is 18.7 Å². The average molecular weight is 345 g/mol. The van der Waals surface area contributed by atoms with Crippen molar-refractivity contribution in [3.63, 3.8) is 0 Å². The summed E-state index contributed by atoms with van der Waals surface area (Å²) in [5.74, 6) is 1.96. The number of methoxy groups -OCH3 is 1. The molecule has 2 aliphatic heterocycles. The first-order valence-electron chi connectivity index (χ1n) is 8.14. The molecule has 3 heterocycles. The number of carbonyl (C=O) groups is 1. The van der Waals surface area contributed by atoms with Crippen LogP contribution in [0.5, 0.6) is 17.4 Å². The molecule has 0 aliphatic carbocycles. The van der Waals surface area contributed by atoms with Crippen molar-refractivity contribution in [2.75, 3.05) is 40.1 Å². The Balaban J connectivity index is 1.33. The van der Waals surface area contributed by atoms with Gasteiger partial charge < -0.3 is 23.6 Å². The van der Waals surface area contributed by atoms with Gasteiger partial charge in [0.2, 0.25) is 12.6 Å². The highest BCUT2D eigenvalue weighted by Gasteiger charge is 2.25. The summed E-state index contributed by atoms with van der Waals surface area (Å²) in [4.78, 5) is 16.5. The van der Waals surface area contributed by atoms with Crippen LogP contribution >= 0.6 is 0 Å². The van der Waals surface area contributed by atoms with Gasteiger partial charge in [-0.2, -0.15) is 0 Å². The lowest BCUT2D eigenvalue weighted by Gasteiger charge is -2.34. The normalized spacial score (nSPS) is 16.9. The molecule has 2 aliphatic rings. The van der Waals surface area contributed by atoms with Crippen LogP contribution in [0.1, 0.15) is 16.1 Å². The average Bonchev–Trinajstić information content (AvgIpc) is 3.30. The Morgan fingerprint density at radius 3 is 2.72 bits per heavy atom. The maximum Gasteiger partial charge on any atom is 0.292 e. The van der Waals surface area contributed by atoms with Crippen LogP contribution in [0.3, 0.4) is 0 Å². The fourth-order valence-electron chi connectivity index (χ4n) is 3.02. The highest BCUT2D eigenvalue weighted by Crippen LogP contribution is 2.32. The van der Waals surface area contributed by atoms with Gasteiger partial charge in [0, 0.05) is 32.7 Å². The third-order valence-electron chi connectivity index (χ3n) is 4.41. The van der Waals surface area contributed by atoms with Crippen molar-refractivity contribution in [2.45, 2.75) is 6.54 Å². The third kappa shape index (κ3) is 3.25. The lowest BCUT2D eigenvalue weighted by molar-refractivity contribution is 0.0588. The first kappa shape index (κ1) is 15.8. The molecule has 0 N–H and O–H groups in total. The Hall–Kier alpha value is -2.74. The summed E-state index contributed by atoms with van der Waals surface area (Å²) in [6, 6.07) is 7.52. The molecule has 8 heteroatoms. The van der Waals surface area contributed by atoms with E-state index in [1.54, 1.807) is 4.90 Å². The number of aromatic nitrogens is 1. The van der Waals surface area contributed by atoms with Crippen LogP contribution in [0.2, 0.25) is 0 Å². The van der Waals surface area contributed by atoms with Crippen molar-refractivity contribution in [3.8, 4) is 17.4 Å². The van der Waals surface area contributed by atoms with Gasteiger partial charge in [0.1, 0.15) is 0 Å². The van der Waals surface area contributed by atoms with Crippen molar-refractivity contribution in [2.24, 2.45) is 0 Å². The molecule has 25 heavy (non-hydrogen) atoms. The molecule has 8 nitrogen and oxygen atoms in total. The van der Waals surface area contributed by atoms with E-state index in [9.17, 15) is 4.79 Å². The maximum absolute atomic E-state index is 12.4. The zero-order chi connectivity index (χ0) is 17.2. The first-order valence-corrected chi connectivity index (χ1v) is 8.14. The standard InChI is InChI=1S/C17H19N3O5/c1-22-16-9-15(25-18-16)17(21)20-6-4-19(5-7-20)10-12-2-3-13-14(8-12)24-11-23-13/h2-3,8-9H,4-7,10-11H2,1H3. The predicted molar refractivity (Wildman–Crippen MR) is 86.8 cm³/mol. The number of piperazine rings is 1. The second kappa shape index (κ2) is 6.64. The Labute approximate surface area is 144 Å². The van der Waals surface area contributed by atoms with Gasteiger partial charge in [-0.15, -0.1) is 0 Å². The molecular weight excluding hydrogens is 326 g/mol. The topological polar surface area (TPSA) is 77.3 Å². The molecule has 1 fully saturated rings. The van der Waals surface area contributed by atoms with Gasteiger partial charge in [-0.25, -0.2) is 0 Å². The second-order valence-electron chi connectivity index (χ2n) is 5.99. The first-order chi connectivity index (χ1) is 12.2. The van der Waals surface area contributed by atoms with E-state index in [2.05, 4.69) is 10.1 Å². The number of rotatable bonds is 4. The lowest BCUT2D eigenvalue weighted by Crippen LogP contribution is -2.48. The summed E-state index contributed by atoms with van der Waals surface area (Å²) in [5.41, 5.74) is 1.17. The van der Waals surface area contributed by atoms with Crippen molar-refractivity contribution in [3.05, 3.63) is 35.6 Å². The SMILES string of the molecule is COc1cc(C(=O)N2CCN(Cc3ccc4c(c3)OCO4)CC2)on1. The van der Waals surface area contributed by atoms with E-state index in [1.165, 1.54) is 18.7 Å². The van der Waals surface area contributed by atoms with Crippen LogP contribution in [0.4, 0.5) is 0 Å². The maximum atomic E-state index is 12.4. The number of ether oxygens (including phenoxy) is 3. The summed E-state index contributed by atoms with van der Waals surface area (Å²) in [6.07, 6.45) is 0. The van der Waals surface area contributed by atoms with E-state index in [-0.39, 0.29) is 18.5 Å². The molecule has 0 radical (unpaired) electrons. The zero-order valence-corrected chi connectivity index (χ0v) is 13.9. The number of nitrogens with zero attached hydrogens (tertiary/aromatic N) is 3. The van der Waals surface area contributed by atoms with E-state index in [0.717, 1.165) is 31.1 Å². The molecule has 1 saturated heterocycles. The highest BCUT2D eigenvalue weighted by molar-refractivity contribution is 5.91. The van der Waals surface area contributed by atoms with Gasteiger partial charge in [-0.05, 0) is 22.9 Å². The van der Waals surface area contributed by atoms with Gasteiger partial charge >= 0.3 is 0 Å². The second-order valence-corrected chi connectivity index (χ2v) is 5.99. The minimum atomic E-state index is -0.154. The zero-order valence-electron chi connectivity index (χ0n) is 13.9. The number of hydrogen-bond acceptors (Lipinski definition) is 7. The Morgan fingerprint density at radius 2 is 1.96 bits per heavy atom. The van der Waals surface area contributed by atoms with Gasteiger partial charge in [0.25, 0.3) is 11.8 Å². The minimum Gasteiger partial charge on any atom is -0.479 e. The molecule has 1 aromatic carbocycles. The molecule has 1 aromatic heterocycles. The molecule has 0 bridgehead atoms. The lowest BCUT2D eigenvalue weighted by atomic mass is 10.1.